The smallest absolute Gasteiger partial charge is 0.296 e. The lowest BCUT2D eigenvalue weighted by Crippen LogP contribution is -2.31. The molecule has 0 amide bonds. The summed E-state index contributed by atoms with van der Waals surface area (Å²) in [6, 6.07) is 0. The van der Waals surface area contributed by atoms with Crippen molar-refractivity contribution in [2.75, 3.05) is 6.61 Å². The molecule has 0 aliphatic carbocycles. The Morgan fingerprint density at radius 1 is 1.75 bits per heavy atom. The third kappa shape index (κ3) is 1.23. The molecule has 0 spiro atoms. The molecular weight excluding hydrogens is 154 g/mol. The quantitative estimate of drug-likeness (QED) is 0.296. The lowest BCUT2D eigenvalue weighted by molar-refractivity contribution is -0.147. The second kappa shape index (κ2) is 2.56. The van der Waals surface area contributed by atoms with Crippen LogP contribution in [0, 0.1) is 12.3 Å². The second-order valence-corrected chi connectivity index (χ2v) is 2.90. The zero-order valence-corrected chi connectivity index (χ0v) is 6.41. The Bertz CT molecular complexity index is 256. The number of aliphatic hydroxyl groups is 1. The molecule has 4 radical (unpaired) electrons. The predicted molar refractivity (Wildman–Crippen MR) is 43.6 cm³/mol. The van der Waals surface area contributed by atoms with Gasteiger partial charge in [-0.05, 0) is 5.21 Å². The minimum Gasteiger partial charge on any atom is -0.444 e. The Hall–Kier alpha value is -0.880. The van der Waals surface area contributed by atoms with Crippen molar-refractivity contribution >= 4 is 21.7 Å². The molecule has 1 saturated heterocycles. The van der Waals surface area contributed by atoms with E-state index in [0.29, 0.717) is 0 Å². The lowest BCUT2D eigenvalue weighted by Gasteiger charge is -2.18. The molecule has 5 heteroatoms. The number of terminal acetylenes is 1. The average Bonchev–Trinajstić information content (AvgIpc) is 2.24. The molecule has 0 unspecified atom stereocenters. The number of rotatable bonds is 1. The molecule has 0 saturated carbocycles. The highest BCUT2D eigenvalue weighted by Crippen LogP contribution is 2.40. The number of ether oxygens (including phenoxy) is 1. The van der Waals surface area contributed by atoms with Crippen LogP contribution in [0.2, 0.25) is 5.21 Å². The van der Waals surface area contributed by atoms with E-state index in [2.05, 4.69) is 10.7 Å². The van der Waals surface area contributed by atoms with E-state index in [0.717, 1.165) is 0 Å². The maximum atomic E-state index is 11.0. The van der Waals surface area contributed by atoms with Crippen LogP contribution in [0.1, 0.15) is 6.42 Å². The van der Waals surface area contributed by atoms with Crippen molar-refractivity contribution < 1.29 is 14.6 Å². The number of hydrogen-bond acceptors (Lipinski definition) is 3. The predicted octanol–water partition coefficient (Wildman–Crippen LogP) is -1.25. The van der Waals surface area contributed by atoms with E-state index in [9.17, 15) is 4.79 Å². The standard InChI is InChI=1S/C7H6B2O3/c1-2-6(4-10)3-7(8,9)5(11)12-6/h1,10H,3-4H2/t6-/m0/s1. The van der Waals surface area contributed by atoms with Crippen LogP contribution in [0.3, 0.4) is 0 Å². The molecule has 1 fully saturated rings. The largest absolute Gasteiger partial charge is 0.444 e. The van der Waals surface area contributed by atoms with Gasteiger partial charge in [0.15, 0.2) is 5.60 Å². The molecule has 1 rings (SSSR count). The molecule has 0 aromatic carbocycles. The Kier molecular flexibility index (Phi) is 1.97. The zero-order valence-electron chi connectivity index (χ0n) is 6.41. The molecule has 0 aromatic rings. The van der Waals surface area contributed by atoms with E-state index in [4.69, 9.17) is 27.2 Å². The maximum Gasteiger partial charge on any atom is 0.296 e. The summed E-state index contributed by atoms with van der Waals surface area (Å²) in [5.74, 6) is 1.38. The van der Waals surface area contributed by atoms with Gasteiger partial charge in [0.2, 0.25) is 0 Å². The minimum atomic E-state index is -1.57. The van der Waals surface area contributed by atoms with Crippen molar-refractivity contribution in [2.24, 2.45) is 0 Å². The molecule has 1 heterocycles. The van der Waals surface area contributed by atoms with Crippen molar-refractivity contribution in [3.8, 4) is 12.3 Å². The van der Waals surface area contributed by atoms with Gasteiger partial charge in [-0.25, -0.2) is 0 Å². The van der Waals surface area contributed by atoms with E-state index >= 15 is 0 Å². The van der Waals surface area contributed by atoms with E-state index < -0.39 is 23.4 Å². The van der Waals surface area contributed by atoms with Gasteiger partial charge in [0.1, 0.15) is 0 Å². The number of esters is 1. The summed E-state index contributed by atoms with van der Waals surface area (Å²) >= 11 is 0. The fraction of sp³-hybridized carbons (Fsp3) is 0.571. The number of carbonyl (C=O) groups is 1. The monoisotopic (exact) mass is 160 g/mol. The molecule has 12 heavy (non-hydrogen) atoms. The summed E-state index contributed by atoms with van der Waals surface area (Å²) in [7, 11) is 10.7. The summed E-state index contributed by atoms with van der Waals surface area (Å²) in [5, 5.41) is 7.26. The second-order valence-electron chi connectivity index (χ2n) is 2.90. The first-order chi connectivity index (χ1) is 5.46. The number of carbonyl (C=O) groups excluding carboxylic acids is 1. The molecule has 1 atom stereocenters. The minimum absolute atomic E-state index is 0.0637. The molecule has 0 aromatic heterocycles. The summed E-state index contributed by atoms with van der Waals surface area (Å²) in [4.78, 5) is 11.0. The first-order valence-electron chi connectivity index (χ1n) is 3.36. The van der Waals surface area contributed by atoms with Crippen LogP contribution >= 0.6 is 0 Å². The normalized spacial score (nSPS) is 32.5. The maximum absolute atomic E-state index is 11.0. The van der Waals surface area contributed by atoms with Crippen molar-refractivity contribution in [3.05, 3.63) is 0 Å². The van der Waals surface area contributed by atoms with Gasteiger partial charge in [0, 0.05) is 6.42 Å². The van der Waals surface area contributed by atoms with Crippen molar-refractivity contribution in [3.63, 3.8) is 0 Å². The summed E-state index contributed by atoms with van der Waals surface area (Å²) in [5.41, 5.74) is -1.33. The van der Waals surface area contributed by atoms with Crippen molar-refractivity contribution in [1.29, 1.82) is 0 Å². The molecule has 1 N–H and O–H groups in total. The van der Waals surface area contributed by atoms with E-state index in [1.54, 1.807) is 0 Å². The molecule has 3 nitrogen and oxygen atoms in total. The van der Waals surface area contributed by atoms with Gasteiger partial charge in [0.05, 0.1) is 22.3 Å². The summed E-state index contributed by atoms with van der Waals surface area (Å²) < 4.78 is 4.69. The van der Waals surface area contributed by atoms with Gasteiger partial charge in [-0.2, -0.15) is 0 Å². The van der Waals surface area contributed by atoms with Gasteiger partial charge in [-0.15, -0.1) is 6.42 Å². The number of hydrogen-bond donors (Lipinski definition) is 1. The van der Waals surface area contributed by atoms with Gasteiger partial charge < -0.3 is 9.84 Å². The fourth-order valence-electron chi connectivity index (χ4n) is 1.07. The zero-order chi connectivity index (χ0) is 9.41. The van der Waals surface area contributed by atoms with Crippen LogP contribution < -0.4 is 0 Å². The van der Waals surface area contributed by atoms with Gasteiger partial charge in [0.25, 0.3) is 5.97 Å². The lowest BCUT2D eigenvalue weighted by atomic mass is 9.52. The molecular formula is C7H6B2O3. The van der Waals surface area contributed by atoms with E-state index in [1.807, 2.05) is 0 Å². The van der Waals surface area contributed by atoms with Crippen LogP contribution in [-0.4, -0.2) is 39.0 Å². The Labute approximate surface area is 73.3 Å². The first-order valence-corrected chi connectivity index (χ1v) is 3.36. The SMILES string of the molecule is [B]C1([B])C[C@@](C#C)(CO)OC1=O. The van der Waals surface area contributed by atoms with E-state index in [-0.39, 0.29) is 6.42 Å². The van der Waals surface area contributed by atoms with Crippen LogP contribution in [0.4, 0.5) is 0 Å². The Morgan fingerprint density at radius 2 is 2.33 bits per heavy atom. The van der Waals surface area contributed by atoms with Gasteiger partial charge in [-0.1, -0.05) is 5.92 Å². The number of cyclic esters (lactones) is 1. The summed E-state index contributed by atoms with van der Waals surface area (Å²) in [6.07, 6.45) is 5.00. The van der Waals surface area contributed by atoms with Crippen LogP contribution in [-0.2, 0) is 9.53 Å². The molecule has 0 bridgehead atoms. The Balaban J connectivity index is 2.92. The highest BCUT2D eigenvalue weighted by Gasteiger charge is 2.49. The third-order valence-electron chi connectivity index (χ3n) is 1.76. The van der Waals surface area contributed by atoms with Crippen molar-refractivity contribution in [1.82, 2.24) is 0 Å². The van der Waals surface area contributed by atoms with Crippen molar-refractivity contribution in [2.45, 2.75) is 17.2 Å². The first kappa shape index (κ1) is 9.21. The molecule has 1 aliphatic rings. The topological polar surface area (TPSA) is 46.5 Å². The van der Waals surface area contributed by atoms with Gasteiger partial charge >= 0.3 is 0 Å². The van der Waals surface area contributed by atoms with Crippen LogP contribution in [0.15, 0.2) is 0 Å². The van der Waals surface area contributed by atoms with Crippen LogP contribution in [0.25, 0.3) is 0 Å². The average molecular weight is 160 g/mol. The molecule has 58 valence electrons. The molecule has 1 aliphatic heterocycles. The van der Waals surface area contributed by atoms with Gasteiger partial charge in [-0.3, -0.25) is 4.79 Å². The fourth-order valence-corrected chi connectivity index (χ4v) is 1.07. The summed E-state index contributed by atoms with van der Waals surface area (Å²) in [6.45, 7) is -0.467. The Morgan fingerprint density at radius 3 is 2.50 bits per heavy atom. The highest BCUT2D eigenvalue weighted by atomic mass is 16.6. The van der Waals surface area contributed by atoms with Crippen LogP contribution in [0.5, 0.6) is 0 Å². The number of aliphatic hydroxyl groups excluding tert-OH is 1. The van der Waals surface area contributed by atoms with E-state index in [1.165, 1.54) is 0 Å². The third-order valence-corrected chi connectivity index (χ3v) is 1.76. The highest BCUT2D eigenvalue weighted by molar-refractivity contribution is 6.50.